The lowest BCUT2D eigenvalue weighted by Crippen LogP contribution is -2.15. The van der Waals surface area contributed by atoms with Crippen LogP contribution < -0.4 is 11.0 Å². The number of rotatable bonds is 2. The minimum absolute atomic E-state index is 0.0440. The van der Waals surface area contributed by atoms with Gasteiger partial charge in [-0.2, -0.15) is 0 Å². The van der Waals surface area contributed by atoms with E-state index in [0.717, 1.165) is 4.68 Å². The van der Waals surface area contributed by atoms with Gasteiger partial charge in [-0.1, -0.05) is 17.7 Å². The van der Waals surface area contributed by atoms with Crippen molar-refractivity contribution < 1.29 is 4.79 Å². The second kappa shape index (κ2) is 4.42. The normalized spacial score (nSPS) is 10.2. The van der Waals surface area contributed by atoms with Crippen molar-refractivity contribution >= 4 is 23.2 Å². The second-order valence-electron chi connectivity index (χ2n) is 3.37. The van der Waals surface area contributed by atoms with Crippen LogP contribution in [-0.2, 0) is 7.05 Å². The van der Waals surface area contributed by atoms with Crippen molar-refractivity contribution in [2.45, 2.75) is 0 Å². The summed E-state index contributed by atoms with van der Waals surface area (Å²) in [5, 5.41) is 6.81. The maximum Gasteiger partial charge on any atom is 0.343 e. The summed E-state index contributed by atoms with van der Waals surface area (Å²) >= 11 is 5.77. The Hall–Kier alpha value is -2.08. The Labute approximate surface area is 101 Å². The molecule has 1 heterocycles. The average Bonchev–Trinajstić information content (AvgIpc) is 2.59. The Morgan fingerprint density at radius 2 is 2.29 bits per heavy atom. The number of carbonyl (C=O) groups excluding carboxylic acids is 1. The number of nitrogens with zero attached hydrogens (tertiary/aromatic N) is 2. The summed E-state index contributed by atoms with van der Waals surface area (Å²) < 4.78 is 1.05. The summed E-state index contributed by atoms with van der Waals surface area (Å²) in [6.07, 6.45) is 0. The molecule has 0 saturated carbocycles. The first-order valence-electron chi connectivity index (χ1n) is 4.76. The quantitative estimate of drug-likeness (QED) is 0.837. The summed E-state index contributed by atoms with van der Waals surface area (Å²) in [4.78, 5) is 25.1. The lowest BCUT2D eigenvalue weighted by Gasteiger charge is -2.02. The van der Waals surface area contributed by atoms with Gasteiger partial charge in [0.2, 0.25) is 5.82 Å². The molecular weight excluding hydrogens is 244 g/mol. The van der Waals surface area contributed by atoms with E-state index in [2.05, 4.69) is 15.4 Å². The van der Waals surface area contributed by atoms with Crippen LogP contribution in [0.1, 0.15) is 10.6 Å². The number of carbonyl (C=O) groups is 1. The standard InChI is InChI=1S/C10H9ClN4O2/c1-15-10(17)13-8(14-15)9(16)12-7-4-2-3-6(11)5-7/h2-5H,1H3,(H,12,16)(H,13,14,17). The number of hydrogen-bond acceptors (Lipinski definition) is 3. The number of amides is 1. The van der Waals surface area contributed by atoms with Crippen molar-refractivity contribution in [3.05, 3.63) is 45.6 Å². The zero-order valence-corrected chi connectivity index (χ0v) is 9.65. The molecule has 2 N–H and O–H groups in total. The van der Waals surface area contributed by atoms with Crippen LogP contribution in [0.25, 0.3) is 0 Å². The fourth-order valence-electron chi connectivity index (χ4n) is 1.26. The number of anilines is 1. The van der Waals surface area contributed by atoms with E-state index in [1.807, 2.05) is 0 Å². The summed E-state index contributed by atoms with van der Waals surface area (Å²) in [6, 6.07) is 6.68. The van der Waals surface area contributed by atoms with Crippen molar-refractivity contribution in [2.24, 2.45) is 7.05 Å². The Morgan fingerprint density at radius 1 is 1.53 bits per heavy atom. The van der Waals surface area contributed by atoms with Gasteiger partial charge in [-0.15, -0.1) is 5.10 Å². The first kappa shape index (κ1) is 11.4. The molecule has 0 saturated heterocycles. The summed E-state index contributed by atoms with van der Waals surface area (Å²) in [6.45, 7) is 0. The van der Waals surface area contributed by atoms with Gasteiger partial charge in [-0.25, -0.2) is 9.48 Å². The Balaban J connectivity index is 2.20. The number of halogens is 1. The van der Waals surface area contributed by atoms with Gasteiger partial charge in [0.25, 0.3) is 5.91 Å². The van der Waals surface area contributed by atoms with Gasteiger partial charge in [0.1, 0.15) is 0 Å². The Kier molecular flexibility index (Phi) is 2.97. The third-order valence-electron chi connectivity index (χ3n) is 2.07. The molecule has 0 radical (unpaired) electrons. The fourth-order valence-corrected chi connectivity index (χ4v) is 1.45. The molecule has 17 heavy (non-hydrogen) atoms. The van der Waals surface area contributed by atoms with E-state index < -0.39 is 11.6 Å². The number of aromatic amines is 1. The summed E-state index contributed by atoms with van der Waals surface area (Å²) in [5.74, 6) is -0.539. The highest BCUT2D eigenvalue weighted by molar-refractivity contribution is 6.30. The van der Waals surface area contributed by atoms with E-state index in [1.54, 1.807) is 24.3 Å². The molecule has 0 atom stereocenters. The van der Waals surface area contributed by atoms with E-state index in [4.69, 9.17) is 11.6 Å². The molecule has 0 unspecified atom stereocenters. The molecule has 0 aliphatic heterocycles. The van der Waals surface area contributed by atoms with Crippen molar-refractivity contribution in [3.63, 3.8) is 0 Å². The van der Waals surface area contributed by atoms with Gasteiger partial charge in [-0.05, 0) is 18.2 Å². The molecule has 88 valence electrons. The van der Waals surface area contributed by atoms with Crippen molar-refractivity contribution in [2.75, 3.05) is 5.32 Å². The molecule has 0 fully saturated rings. The van der Waals surface area contributed by atoms with E-state index in [1.165, 1.54) is 7.05 Å². The van der Waals surface area contributed by atoms with Crippen LogP contribution in [0.15, 0.2) is 29.1 Å². The van der Waals surface area contributed by atoms with Crippen molar-refractivity contribution in [3.8, 4) is 0 Å². The first-order valence-corrected chi connectivity index (χ1v) is 5.14. The average molecular weight is 253 g/mol. The topological polar surface area (TPSA) is 79.8 Å². The number of aromatic nitrogens is 3. The van der Waals surface area contributed by atoms with Crippen molar-refractivity contribution in [1.29, 1.82) is 0 Å². The second-order valence-corrected chi connectivity index (χ2v) is 3.80. The highest BCUT2D eigenvalue weighted by atomic mass is 35.5. The minimum Gasteiger partial charge on any atom is -0.319 e. The van der Waals surface area contributed by atoms with Crippen LogP contribution in [0.2, 0.25) is 5.02 Å². The molecule has 0 bridgehead atoms. The molecule has 2 aromatic rings. The summed E-state index contributed by atoms with van der Waals surface area (Å²) in [5.41, 5.74) is 0.0928. The zero-order valence-electron chi connectivity index (χ0n) is 8.90. The molecular formula is C10H9ClN4O2. The number of aryl methyl sites for hydroxylation is 1. The molecule has 7 heteroatoms. The van der Waals surface area contributed by atoms with Gasteiger partial charge in [0, 0.05) is 17.8 Å². The van der Waals surface area contributed by atoms with Gasteiger partial charge in [0.15, 0.2) is 0 Å². The van der Waals surface area contributed by atoms with E-state index in [9.17, 15) is 9.59 Å². The van der Waals surface area contributed by atoms with Crippen LogP contribution >= 0.6 is 11.6 Å². The molecule has 0 aliphatic carbocycles. The maximum absolute atomic E-state index is 11.7. The monoisotopic (exact) mass is 252 g/mol. The van der Waals surface area contributed by atoms with E-state index in [-0.39, 0.29) is 5.82 Å². The molecule has 1 amide bonds. The van der Waals surface area contributed by atoms with Crippen LogP contribution in [0.4, 0.5) is 5.69 Å². The smallest absolute Gasteiger partial charge is 0.319 e. The Bertz CT molecular complexity index is 617. The highest BCUT2D eigenvalue weighted by Gasteiger charge is 2.11. The molecule has 0 aliphatic rings. The largest absolute Gasteiger partial charge is 0.343 e. The molecule has 6 nitrogen and oxygen atoms in total. The molecule has 1 aromatic carbocycles. The number of hydrogen-bond donors (Lipinski definition) is 2. The van der Waals surface area contributed by atoms with E-state index in [0.29, 0.717) is 10.7 Å². The lowest BCUT2D eigenvalue weighted by molar-refractivity contribution is 0.101. The maximum atomic E-state index is 11.7. The SMILES string of the molecule is Cn1nc(C(=O)Nc2cccc(Cl)c2)[nH]c1=O. The van der Waals surface area contributed by atoms with Crippen LogP contribution in [-0.4, -0.2) is 20.7 Å². The predicted molar refractivity (Wildman–Crippen MR) is 63.2 cm³/mol. The number of H-pyrrole nitrogens is 1. The minimum atomic E-state index is -0.495. The van der Waals surface area contributed by atoms with Crippen LogP contribution in [0.3, 0.4) is 0 Å². The fraction of sp³-hybridized carbons (Fsp3) is 0.100. The predicted octanol–water partition coefficient (Wildman–Crippen LogP) is 1.01. The Morgan fingerprint density at radius 3 is 2.88 bits per heavy atom. The molecule has 1 aromatic heterocycles. The van der Waals surface area contributed by atoms with E-state index >= 15 is 0 Å². The van der Waals surface area contributed by atoms with Crippen molar-refractivity contribution in [1.82, 2.24) is 14.8 Å². The third-order valence-corrected chi connectivity index (χ3v) is 2.30. The molecule has 0 spiro atoms. The van der Waals surface area contributed by atoms with Crippen LogP contribution in [0.5, 0.6) is 0 Å². The number of nitrogens with one attached hydrogen (secondary N) is 2. The summed E-state index contributed by atoms with van der Waals surface area (Å²) in [7, 11) is 1.45. The van der Waals surface area contributed by atoms with Gasteiger partial charge >= 0.3 is 5.69 Å². The zero-order chi connectivity index (χ0) is 12.4. The lowest BCUT2D eigenvalue weighted by atomic mass is 10.3. The highest BCUT2D eigenvalue weighted by Crippen LogP contribution is 2.15. The van der Waals surface area contributed by atoms with Gasteiger partial charge in [0.05, 0.1) is 0 Å². The van der Waals surface area contributed by atoms with Crippen LogP contribution in [0, 0.1) is 0 Å². The number of benzene rings is 1. The van der Waals surface area contributed by atoms with Gasteiger partial charge < -0.3 is 5.32 Å². The van der Waals surface area contributed by atoms with Gasteiger partial charge in [-0.3, -0.25) is 9.78 Å². The molecule has 2 rings (SSSR count). The first-order chi connectivity index (χ1) is 8.06. The third kappa shape index (κ3) is 2.54.